The predicted molar refractivity (Wildman–Crippen MR) is 80.0 cm³/mol. The van der Waals surface area contributed by atoms with Crippen molar-refractivity contribution in [1.82, 2.24) is 0 Å². The number of nitrogens with zero attached hydrogens (tertiary/aromatic N) is 2. The van der Waals surface area contributed by atoms with Crippen LogP contribution >= 0.6 is 0 Å². The van der Waals surface area contributed by atoms with Gasteiger partial charge in [-0.15, -0.1) is 0 Å². The fourth-order valence-corrected chi connectivity index (χ4v) is 3.79. The third-order valence-electron chi connectivity index (χ3n) is 4.64. The Hall–Kier alpha value is -2.76. The second-order valence-corrected chi connectivity index (χ2v) is 5.72. The Morgan fingerprint density at radius 2 is 1.45 bits per heavy atom. The topological polar surface area (TPSA) is 86.3 Å². The highest BCUT2D eigenvalue weighted by molar-refractivity contribution is 5.86. The number of rotatable bonds is 2. The minimum absolute atomic E-state index is 0.328. The fourth-order valence-electron chi connectivity index (χ4n) is 3.79. The minimum Gasteiger partial charge on any atom is -0.258 e. The van der Waals surface area contributed by atoms with Gasteiger partial charge in [0.05, 0.1) is 9.85 Å². The van der Waals surface area contributed by atoms with E-state index in [1.165, 1.54) is 17.2 Å². The predicted octanol–water partition coefficient (Wildman–Crippen LogP) is 3.37. The van der Waals surface area contributed by atoms with Crippen LogP contribution in [0.4, 0.5) is 11.4 Å². The standard InChI is InChI=1S/C16H12N2O4/c19-17(20)13-8-11-5-4-9-2-1-3-10-6-7-12(15(11)14(9)10)16(13)18(21)22/h1-3,8H,4-7H2. The molecule has 0 bridgehead atoms. The van der Waals surface area contributed by atoms with Crippen molar-refractivity contribution in [3.63, 3.8) is 0 Å². The molecule has 0 amide bonds. The van der Waals surface area contributed by atoms with Gasteiger partial charge in [0.2, 0.25) is 0 Å². The zero-order chi connectivity index (χ0) is 15.4. The van der Waals surface area contributed by atoms with E-state index in [0.717, 1.165) is 23.1 Å². The van der Waals surface area contributed by atoms with Crippen LogP contribution in [0.3, 0.4) is 0 Å². The smallest absolute Gasteiger partial charge is 0.258 e. The number of aryl methyl sites for hydroxylation is 3. The van der Waals surface area contributed by atoms with Gasteiger partial charge in [0.15, 0.2) is 0 Å². The van der Waals surface area contributed by atoms with Crippen molar-refractivity contribution >= 4 is 11.4 Å². The molecule has 0 heterocycles. The van der Waals surface area contributed by atoms with Crippen LogP contribution in [0, 0.1) is 20.2 Å². The first kappa shape index (κ1) is 12.9. The summed E-state index contributed by atoms with van der Waals surface area (Å²) in [7, 11) is 0. The van der Waals surface area contributed by atoms with Crippen molar-refractivity contribution in [2.75, 3.05) is 0 Å². The summed E-state index contributed by atoms with van der Waals surface area (Å²) in [6.45, 7) is 0. The Bertz CT molecular complexity index is 843. The van der Waals surface area contributed by atoms with Crippen LogP contribution in [0.1, 0.15) is 22.3 Å². The second kappa shape index (κ2) is 4.37. The van der Waals surface area contributed by atoms with Crippen LogP contribution < -0.4 is 0 Å². The van der Waals surface area contributed by atoms with Gasteiger partial charge < -0.3 is 0 Å². The summed E-state index contributed by atoms with van der Waals surface area (Å²) < 4.78 is 0. The van der Waals surface area contributed by atoms with E-state index in [4.69, 9.17) is 0 Å². The lowest BCUT2D eigenvalue weighted by Gasteiger charge is -2.28. The molecule has 4 rings (SSSR count). The zero-order valence-electron chi connectivity index (χ0n) is 11.7. The molecule has 2 aliphatic carbocycles. The van der Waals surface area contributed by atoms with E-state index in [1.54, 1.807) is 0 Å². The van der Waals surface area contributed by atoms with Gasteiger partial charge >= 0.3 is 11.4 Å². The van der Waals surface area contributed by atoms with Crippen LogP contribution in [-0.2, 0) is 25.7 Å². The average molecular weight is 296 g/mol. The molecule has 22 heavy (non-hydrogen) atoms. The average Bonchev–Trinajstić information content (AvgIpc) is 2.51. The quantitative estimate of drug-likeness (QED) is 0.628. The molecule has 0 atom stereocenters. The van der Waals surface area contributed by atoms with Crippen molar-refractivity contribution in [3.05, 3.63) is 66.7 Å². The lowest BCUT2D eigenvalue weighted by Crippen LogP contribution is -2.16. The van der Waals surface area contributed by atoms with Gasteiger partial charge in [0.1, 0.15) is 0 Å². The summed E-state index contributed by atoms with van der Waals surface area (Å²) >= 11 is 0. The van der Waals surface area contributed by atoms with Gasteiger partial charge in [0, 0.05) is 11.6 Å². The number of nitro groups is 2. The van der Waals surface area contributed by atoms with Gasteiger partial charge in [-0.05, 0) is 53.5 Å². The highest BCUT2D eigenvalue weighted by Crippen LogP contribution is 2.48. The maximum absolute atomic E-state index is 11.4. The Morgan fingerprint density at radius 1 is 0.818 bits per heavy atom. The third kappa shape index (κ3) is 1.60. The summed E-state index contributed by atoms with van der Waals surface area (Å²) in [6, 6.07) is 7.51. The van der Waals surface area contributed by atoms with Crippen molar-refractivity contribution in [2.45, 2.75) is 25.7 Å². The van der Waals surface area contributed by atoms with Crippen molar-refractivity contribution in [3.8, 4) is 11.1 Å². The molecule has 0 aromatic heterocycles. The molecule has 0 saturated heterocycles. The molecular formula is C16H12N2O4. The van der Waals surface area contributed by atoms with E-state index in [9.17, 15) is 20.2 Å². The maximum atomic E-state index is 11.4. The van der Waals surface area contributed by atoms with Gasteiger partial charge in [-0.2, -0.15) is 0 Å². The Balaban J connectivity index is 2.13. The SMILES string of the molecule is O=[N+]([O-])c1cc2c3c(c1[N+](=O)[O-])CCc1cccc(c1-3)CC2. The molecule has 2 aliphatic rings. The first-order valence-corrected chi connectivity index (χ1v) is 7.16. The van der Waals surface area contributed by atoms with Gasteiger partial charge in [0.25, 0.3) is 0 Å². The second-order valence-electron chi connectivity index (χ2n) is 5.72. The van der Waals surface area contributed by atoms with E-state index in [2.05, 4.69) is 0 Å². The summed E-state index contributed by atoms with van der Waals surface area (Å²) in [5, 5.41) is 22.7. The van der Waals surface area contributed by atoms with Crippen LogP contribution in [0.5, 0.6) is 0 Å². The molecular weight excluding hydrogens is 284 g/mol. The highest BCUT2D eigenvalue weighted by Gasteiger charge is 2.37. The minimum atomic E-state index is -0.634. The molecule has 0 saturated carbocycles. The third-order valence-corrected chi connectivity index (χ3v) is 4.64. The number of nitro benzene ring substituents is 2. The molecule has 0 spiro atoms. The van der Waals surface area contributed by atoms with E-state index in [1.807, 2.05) is 18.2 Å². The molecule has 0 fully saturated rings. The summed E-state index contributed by atoms with van der Waals surface area (Å²) in [5.74, 6) is 0. The van der Waals surface area contributed by atoms with Gasteiger partial charge in [-0.1, -0.05) is 18.2 Å². The first-order chi connectivity index (χ1) is 10.6. The van der Waals surface area contributed by atoms with E-state index in [0.29, 0.717) is 24.8 Å². The fraction of sp³-hybridized carbons (Fsp3) is 0.250. The maximum Gasteiger partial charge on any atom is 0.349 e. The number of benzene rings is 2. The first-order valence-electron chi connectivity index (χ1n) is 7.16. The molecule has 2 aromatic rings. The van der Waals surface area contributed by atoms with Crippen LogP contribution in [0.15, 0.2) is 24.3 Å². The lowest BCUT2D eigenvalue weighted by atomic mass is 9.75. The summed E-state index contributed by atoms with van der Waals surface area (Å²) in [5.41, 5.74) is 5.03. The van der Waals surface area contributed by atoms with Crippen LogP contribution in [-0.4, -0.2) is 9.85 Å². The summed E-state index contributed by atoms with van der Waals surface area (Å²) in [4.78, 5) is 21.4. The van der Waals surface area contributed by atoms with Crippen molar-refractivity contribution in [1.29, 1.82) is 0 Å². The monoisotopic (exact) mass is 296 g/mol. The molecule has 0 N–H and O–H groups in total. The molecule has 110 valence electrons. The Morgan fingerprint density at radius 3 is 2.09 bits per heavy atom. The Kier molecular flexibility index (Phi) is 2.57. The molecule has 6 nitrogen and oxygen atoms in total. The normalized spacial score (nSPS) is 14.4. The van der Waals surface area contributed by atoms with Crippen LogP contribution in [0.2, 0.25) is 0 Å². The number of hydrogen-bond donors (Lipinski definition) is 0. The molecule has 2 aromatic carbocycles. The van der Waals surface area contributed by atoms with E-state index >= 15 is 0 Å². The van der Waals surface area contributed by atoms with Gasteiger partial charge in [-0.25, -0.2) is 0 Å². The largest absolute Gasteiger partial charge is 0.349 e. The number of hydrogen-bond acceptors (Lipinski definition) is 4. The van der Waals surface area contributed by atoms with Crippen LogP contribution in [0.25, 0.3) is 11.1 Å². The van der Waals surface area contributed by atoms with Crippen molar-refractivity contribution < 1.29 is 9.85 Å². The van der Waals surface area contributed by atoms with E-state index in [-0.39, 0.29) is 11.4 Å². The molecule has 0 unspecified atom stereocenters. The highest BCUT2D eigenvalue weighted by atomic mass is 16.6. The molecule has 0 radical (unpaired) electrons. The molecule has 6 heteroatoms. The van der Waals surface area contributed by atoms with Gasteiger partial charge in [-0.3, -0.25) is 20.2 Å². The zero-order valence-corrected chi connectivity index (χ0v) is 11.7. The van der Waals surface area contributed by atoms with Crippen molar-refractivity contribution in [2.24, 2.45) is 0 Å². The molecule has 0 aliphatic heterocycles. The Labute approximate surface area is 125 Å². The summed E-state index contributed by atoms with van der Waals surface area (Å²) in [6.07, 6.45) is 2.69. The lowest BCUT2D eigenvalue weighted by molar-refractivity contribution is -0.423. The van der Waals surface area contributed by atoms with E-state index < -0.39 is 9.85 Å².